The van der Waals surface area contributed by atoms with E-state index in [1.54, 1.807) is 6.92 Å². The zero-order valence-corrected chi connectivity index (χ0v) is 15.7. The normalized spacial score (nSPS) is 16.5. The van der Waals surface area contributed by atoms with E-state index in [1.807, 2.05) is 73.7 Å². The lowest BCUT2D eigenvalue weighted by Crippen LogP contribution is -2.46. The van der Waals surface area contributed by atoms with E-state index in [4.69, 9.17) is 0 Å². The van der Waals surface area contributed by atoms with Gasteiger partial charge in [0.15, 0.2) is 0 Å². The molecular weight excluding hydrogens is 350 g/mol. The average molecular weight is 371 g/mol. The molecule has 3 amide bonds. The zero-order valence-electron chi connectivity index (χ0n) is 15.7. The SMILES string of the molecule is CC1=C(C(=O)Nc2ccc(C)cc2)[C@H](c2cccc3ccccc23)NC(=O)N1. The molecule has 0 unspecified atom stereocenters. The summed E-state index contributed by atoms with van der Waals surface area (Å²) in [6, 6.07) is 20.6. The van der Waals surface area contributed by atoms with Crippen LogP contribution in [0.5, 0.6) is 0 Å². The number of allylic oxidation sites excluding steroid dienone is 1. The maximum Gasteiger partial charge on any atom is 0.319 e. The molecule has 0 radical (unpaired) electrons. The van der Waals surface area contributed by atoms with E-state index in [1.165, 1.54) is 0 Å². The number of rotatable bonds is 3. The van der Waals surface area contributed by atoms with E-state index < -0.39 is 6.04 Å². The zero-order chi connectivity index (χ0) is 19.7. The molecule has 0 aliphatic carbocycles. The van der Waals surface area contributed by atoms with Gasteiger partial charge in [0.25, 0.3) is 5.91 Å². The molecule has 3 N–H and O–H groups in total. The van der Waals surface area contributed by atoms with E-state index in [0.29, 0.717) is 17.0 Å². The van der Waals surface area contributed by atoms with E-state index in [2.05, 4.69) is 16.0 Å². The van der Waals surface area contributed by atoms with Gasteiger partial charge in [0.2, 0.25) is 0 Å². The number of carbonyl (C=O) groups excluding carboxylic acids is 2. The van der Waals surface area contributed by atoms with Crippen molar-refractivity contribution in [3.05, 3.63) is 89.1 Å². The Hall–Kier alpha value is -3.60. The molecule has 0 aromatic heterocycles. The fourth-order valence-electron chi connectivity index (χ4n) is 3.57. The van der Waals surface area contributed by atoms with Crippen LogP contribution < -0.4 is 16.0 Å². The van der Waals surface area contributed by atoms with Crippen LogP contribution in [0.4, 0.5) is 10.5 Å². The second kappa shape index (κ2) is 7.19. The molecule has 0 spiro atoms. The highest BCUT2D eigenvalue weighted by molar-refractivity contribution is 6.07. The third-order valence-corrected chi connectivity index (χ3v) is 4.96. The number of hydrogen-bond donors (Lipinski definition) is 3. The van der Waals surface area contributed by atoms with Crippen LogP contribution in [-0.4, -0.2) is 11.9 Å². The molecule has 0 saturated carbocycles. The predicted octanol–water partition coefficient (Wildman–Crippen LogP) is 4.41. The monoisotopic (exact) mass is 371 g/mol. The summed E-state index contributed by atoms with van der Waals surface area (Å²) in [5.41, 5.74) is 3.77. The van der Waals surface area contributed by atoms with Gasteiger partial charge in [0, 0.05) is 11.4 Å². The first-order valence-corrected chi connectivity index (χ1v) is 9.17. The minimum Gasteiger partial charge on any atom is -0.327 e. The lowest BCUT2D eigenvalue weighted by molar-refractivity contribution is -0.113. The minimum atomic E-state index is -0.537. The van der Waals surface area contributed by atoms with Crippen molar-refractivity contribution >= 4 is 28.4 Å². The Kier molecular flexibility index (Phi) is 4.57. The summed E-state index contributed by atoms with van der Waals surface area (Å²) in [6.07, 6.45) is 0. The van der Waals surface area contributed by atoms with Crippen molar-refractivity contribution in [2.45, 2.75) is 19.9 Å². The van der Waals surface area contributed by atoms with Crippen molar-refractivity contribution in [2.24, 2.45) is 0 Å². The van der Waals surface area contributed by atoms with Gasteiger partial charge in [-0.3, -0.25) is 4.79 Å². The van der Waals surface area contributed by atoms with Crippen LogP contribution in [0, 0.1) is 6.92 Å². The van der Waals surface area contributed by atoms with Gasteiger partial charge in [0.1, 0.15) is 0 Å². The van der Waals surface area contributed by atoms with Crippen molar-refractivity contribution in [2.75, 3.05) is 5.32 Å². The van der Waals surface area contributed by atoms with Crippen LogP contribution in [0.2, 0.25) is 0 Å². The van der Waals surface area contributed by atoms with Gasteiger partial charge in [-0.05, 0) is 42.3 Å². The summed E-state index contributed by atoms with van der Waals surface area (Å²) in [5, 5.41) is 10.6. The Balaban J connectivity index is 1.76. The molecule has 5 heteroatoms. The summed E-state index contributed by atoms with van der Waals surface area (Å²) in [4.78, 5) is 25.3. The van der Waals surface area contributed by atoms with Gasteiger partial charge < -0.3 is 16.0 Å². The van der Waals surface area contributed by atoms with Crippen LogP contribution in [0.1, 0.15) is 24.1 Å². The summed E-state index contributed by atoms with van der Waals surface area (Å²) in [6.45, 7) is 3.75. The number of amides is 3. The smallest absolute Gasteiger partial charge is 0.319 e. The van der Waals surface area contributed by atoms with Gasteiger partial charge in [0.05, 0.1) is 11.6 Å². The van der Waals surface area contributed by atoms with Crippen molar-refractivity contribution < 1.29 is 9.59 Å². The van der Waals surface area contributed by atoms with Gasteiger partial charge in [-0.2, -0.15) is 0 Å². The maximum atomic E-state index is 13.1. The van der Waals surface area contributed by atoms with Crippen LogP contribution in [0.3, 0.4) is 0 Å². The number of benzene rings is 3. The van der Waals surface area contributed by atoms with Crippen molar-refractivity contribution in [1.82, 2.24) is 10.6 Å². The first kappa shape index (κ1) is 17.8. The van der Waals surface area contributed by atoms with Crippen molar-refractivity contribution in [3.8, 4) is 0 Å². The highest BCUT2D eigenvalue weighted by Crippen LogP contribution is 2.32. The second-order valence-corrected chi connectivity index (χ2v) is 6.96. The fourth-order valence-corrected chi connectivity index (χ4v) is 3.57. The lowest BCUT2D eigenvalue weighted by Gasteiger charge is -2.29. The Bertz CT molecular complexity index is 1100. The third kappa shape index (κ3) is 3.34. The van der Waals surface area contributed by atoms with E-state index in [9.17, 15) is 9.59 Å². The quantitative estimate of drug-likeness (QED) is 0.638. The van der Waals surface area contributed by atoms with Gasteiger partial charge >= 0.3 is 6.03 Å². The summed E-state index contributed by atoms with van der Waals surface area (Å²) < 4.78 is 0. The molecule has 0 saturated heterocycles. The number of fused-ring (bicyclic) bond motifs is 1. The van der Waals surface area contributed by atoms with E-state index in [0.717, 1.165) is 21.9 Å². The first-order valence-electron chi connectivity index (χ1n) is 9.17. The number of nitrogens with one attached hydrogen (secondary N) is 3. The van der Waals surface area contributed by atoms with Gasteiger partial charge in [-0.15, -0.1) is 0 Å². The summed E-state index contributed by atoms with van der Waals surface area (Å²) in [7, 11) is 0. The Morgan fingerprint density at radius 2 is 1.64 bits per heavy atom. The Labute approximate surface area is 163 Å². The van der Waals surface area contributed by atoms with Crippen LogP contribution >= 0.6 is 0 Å². The first-order chi connectivity index (χ1) is 13.5. The predicted molar refractivity (Wildman–Crippen MR) is 111 cm³/mol. The largest absolute Gasteiger partial charge is 0.327 e. The third-order valence-electron chi connectivity index (χ3n) is 4.96. The topological polar surface area (TPSA) is 70.2 Å². The number of carbonyl (C=O) groups is 2. The van der Waals surface area contributed by atoms with E-state index >= 15 is 0 Å². The number of aryl methyl sites for hydroxylation is 1. The van der Waals surface area contributed by atoms with Crippen molar-refractivity contribution in [1.29, 1.82) is 0 Å². The molecule has 1 atom stereocenters. The van der Waals surface area contributed by atoms with Crippen LogP contribution in [0.25, 0.3) is 10.8 Å². The molecule has 4 rings (SSSR count). The molecular formula is C23H21N3O2. The highest BCUT2D eigenvalue weighted by atomic mass is 16.2. The molecule has 1 aliphatic heterocycles. The van der Waals surface area contributed by atoms with Crippen LogP contribution in [-0.2, 0) is 4.79 Å². The number of hydrogen-bond acceptors (Lipinski definition) is 2. The molecule has 3 aromatic rings. The number of anilines is 1. The second-order valence-electron chi connectivity index (χ2n) is 6.96. The molecule has 1 aliphatic rings. The molecule has 5 nitrogen and oxygen atoms in total. The standard InChI is InChI=1S/C23H21N3O2/c1-14-10-12-17(13-11-14)25-22(27)20-15(2)24-23(28)26-21(20)19-9-5-7-16-6-3-4-8-18(16)19/h3-13,21H,1-2H3,(H,25,27)(H2,24,26,28)/t21-/m0/s1. The van der Waals surface area contributed by atoms with Gasteiger partial charge in [-0.25, -0.2) is 4.79 Å². The Morgan fingerprint density at radius 1 is 0.929 bits per heavy atom. The molecule has 28 heavy (non-hydrogen) atoms. The fraction of sp³-hybridized carbons (Fsp3) is 0.130. The summed E-state index contributed by atoms with van der Waals surface area (Å²) in [5.74, 6) is -0.244. The molecule has 0 fully saturated rings. The average Bonchev–Trinajstić information content (AvgIpc) is 2.68. The molecule has 3 aromatic carbocycles. The molecule has 0 bridgehead atoms. The Morgan fingerprint density at radius 3 is 2.43 bits per heavy atom. The molecule has 1 heterocycles. The van der Waals surface area contributed by atoms with E-state index in [-0.39, 0.29) is 11.9 Å². The van der Waals surface area contributed by atoms with Gasteiger partial charge in [-0.1, -0.05) is 60.2 Å². The summed E-state index contributed by atoms with van der Waals surface area (Å²) >= 11 is 0. The maximum absolute atomic E-state index is 13.1. The lowest BCUT2D eigenvalue weighted by atomic mass is 9.91. The molecule has 140 valence electrons. The number of urea groups is 1. The van der Waals surface area contributed by atoms with Crippen molar-refractivity contribution in [3.63, 3.8) is 0 Å². The minimum absolute atomic E-state index is 0.244. The highest BCUT2D eigenvalue weighted by Gasteiger charge is 2.32. The van der Waals surface area contributed by atoms with Crippen LogP contribution in [0.15, 0.2) is 78.0 Å².